The first-order chi connectivity index (χ1) is 14.5. The van der Waals surface area contributed by atoms with Crippen molar-refractivity contribution in [1.29, 1.82) is 0 Å². The number of hydrogen-bond donors (Lipinski definition) is 1. The van der Waals surface area contributed by atoms with Crippen LogP contribution in [0.25, 0.3) is 16.7 Å². The molecule has 0 aliphatic carbocycles. The van der Waals surface area contributed by atoms with Gasteiger partial charge >= 0.3 is 0 Å². The summed E-state index contributed by atoms with van der Waals surface area (Å²) < 4.78 is 6.90. The second kappa shape index (κ2) is 8.00. The van der Waals surface area contributed by atoms with Gasteiger partial charge in [-0.3, -0.25) is 9.36 Å². The number of nitrogens with zero attached hydrogens (tertiary/aromatic N) is 4. The molecule has 150 valence electrons. The molecule has 0 bridgehead atoms. The van der Waals surface area contributed by atoms with Crippen molar-refractivity contribution in [1.82, 2.24) is 14.5 Å². The molecule has 0 fully saturated rings. The van der Waals surface area contributed by atoms with Crippen molar-refractivity contribution in [3.63, 3.8) is 0 Å². The van der Waals surface area contributed by atoms with Gasteiger partial charge in [0.15, 0.2) is 4.77 Å². The van der Waals surface area contributed by atoms with Crippen LogP contribution in [0.5, 0.6) is 5.75 Å². The van der Waals surface area contributed by atoms with Gasteiger partial charge in [0.25, 0.3) is 5.56 Å². The topological polar surface area (TPSA) is 84.6 Å². The maximum absolute atomic E-state index is 13.4. The molecule has 0 unspecified atom stereocenters. The number of H-pyrrole nitrogens is 1. The average Bonchev–Trinajstić information content (AvgIpc) is 2.74. The van der Waals surface area contributed by atoms with E-state index in [9.17, 15) is 4.79 Å². The zero-order chi connectivity index (χ0) is 21.3. The Balaban J connectivity index is 1.92. The first-order valence-electron chi connectivity index (χ1n) is 9.27. The van der Waals surface area contributed by atoms with Crippen LogP contribution < -0.4 is 10.3 Å². The Labute approximate surface area is 177 Å². The molecule has 30 heavy (non-hydrogen) atoms. The van der Waals surface area contributed by atoms with Crippen LogP contribution in [-0.2, 0) is 0 Å². The van der Waals surface area contributed by atoms with Crippen LogP contribution in [0.2, 0.25) is 0 Å². The highest BCUT2D eigenvalue weighted by molar-refractivity contribution is 7.71. The zero-order valence-electron chi connectivity index (χ0n) is 16.7. The Morgan fingerprint density at radius 1 is 1.03 bits per heavy atom. The highest BCUT2D eigenvalue weighted by atomic mass is 32.1. The first-order valence-corrected chi connectivity index (χ1v) is 9.68. The molecule has 2 heterocycles. The van der Waals surface area contributed by atoms with E-state index in [2.05, 4.69) is 20.2 Å². The second-order valence-corrected chi connectivity index (χ2v) is 7.09. The van der Waals surface area contributed by atoms with Crippen LogP contribution in [0.1, 0.15) is 11.3 Å². The number of rotatable bonds is 4. The van der Waals surface area contributed by atoms with E-state index in [1.807, 2.05) is 44.2 Å². The van der Waals surface area contributed by atoms with Crippen LogP contribution in [0.3, 0.4) is 0 Å². The summed E-state index contributed by atoms with van der Waals surface area (Å²) in [5.41, 5.74) is 3.44. The van der Waals surface area contributed by atoms with Crippen molar-refractivity contribution in [2.75, 3.05) is 7.11 Å². The van der Waals surface area contributed by atoms with Crippen molar-refractivity contribution in [3.8, 4) is 11.4 Å². The van der Waals surface area contributed by atoms with Crippen LogP contribution in [0.15, 0.2) is 69.6 Å². The number of methoxy groups -OCH3 is 1. The van der Waals surface area contributed by atoms with Crippen molar-refractivity contribution in [3.05, 3.63) is 81.0 Å². The van der Waals surface area contributed by atoms with Gasteiger partial charge in [-0.25, -0.2) is 4.98 Å². The predicted octanol–water partition coefficient (Wildman–Crippen LogP) is 5.48. The van der Waals surface area contributed by atoms with Gasteiger partial charge in [0.05, 0.1) is 29.6 Å². The summed E-state index contributed by atoms with van der Waals surface area (Å²) in [6.45, 7) is 3.67. The Bertz CT molecular complexity index is 1370. The van der Waals surface area contributed by atoms with E-state index in [1.54, 1.807) is 31.4 Å². The highest BCUT2D eigenvalue weighted by Crippen LogP contribution is 2.29. The molecule has 4 aromatic rings. The van der Waals surface area contributed by atoms with Gasteiger partial charge in [0, 0.05) is 0 Å². The van der Waals surface area contributed by atoms with E-state index >= 15 is 0 Å². The summed E-state index contributed by atoms with van der Waals surface area (Å²) in [6, 6.07) is 16.5. The molecule has 7 nitrogen and oxygen atoms in total. The van der Waals surface area contributed by atoms with Crippen molar-refractivity contribution < 1.29 is 4.74 Å². The molecule has 0 aliphatic heterocycles. The summed E-state index contributed by atoms with van der Waals surface area (Å²) in [7, 11) is 1.59. The van der Waals surface area contributed by atoms with E-state index in [-0.39, 0.29) is 10.3 Å². The van der Waals surface area contributed by atoms with Gasteiger partial charge in [-0.05, 0) is 68.0 Å². The van der Waals surface area contributed by atoms with Gasteiger partial charge in [0.1, 0.15) is 17.1 Å². The first kappa shape index (κ1) is 19.7. The molecule has 0 amide bonds. The molecule has 4 rings (SSSR count). The van der Waals surface area contributed by atoms with Gasteiger partial charge in [0.2, 0.25) is 0 Å². The number of aromatic nitrogens is 3. The van der Waals surface area contributed by atoms with Crippen LogP contribution in [0, 0.1) is 18.6 Å². The van der Waals surface area contributed by atoms with Crippen molar-refractivity contribution >= 4 is 34.6 Å². The van der Waals surface area contributed by atoms with E-state index in [0.29, 0.717) is 39.4 Å². The maximum atomic E-state index is 13.4. The summed E-state index contributed by atoms with van der Waals surface area (Å²) >= 11 is 5.44. The predicted molar refractivity (Wildman–Crippen MR) is 119 cm³/mol. The number of benzene rings is 2. The molecule has 0 atom stereocenters. The monoisotopic (exact) mass is 417 g/mol. The Hall–Kier alpha value is -3.65. The third kappa shape index (κ3) is 3.53. The maximum Gasteiger partial charge on any atom is 0.268 e. The van der Waals surface area contributed by atoms with E-state index in [4.69, 9.17) is 17.0 Å². The SMILES string of the molecule is COc1ccc(-n2c(=S)[nH]c3nc(C)c(N=Nc4ccccc4)c(C)c3c2=O)cc1. The number of aryl methyl sites for hydroxylation is 2. The fourth-order valence-corrected chi connectivity index (χ4v) is 3.56. The lowest BCUT2D eigenvalue weighted by Gasteiger charge is -2.12. The summed E-state index contributed by atoms with van der Waals surface area (Å²) in [5, 5.41) is 9.08. The Kier molecular flexibility index (Phi) is 5.24. The number of ether oxygens (including phenoxy) is 1. The van der Waals surface area contributed by atoms with Crippen molar-refractivity contribution in [2.45, 2.75) is 13.8 Å². The molecular weight excluding hydrogens is 398 g/mol. The average molecular weight is 417 g/mol. The fourth-order valence-electron chi connectivity index (χ4n) is 3.27. The molecule has 2 aromatic carbocycles. The molecule has 2 aromatic heterocycles. The van der Waals surface area contributed by atoms with Crippen LogP contribution in [0.4, 0.5) is 11.4 Å². The number of pyridine rings is 1. The molecule has 0 radical (unpaired) electrons. The number of azo groups is 1. The minimum Gasteiger partial charge on any atom is -0.497 e. The molecule has 0 saturated carbocycles. The largest absolute Gasteiger partial charge is 0.497 e. The molecule has 8 heteroatoms. The number of aromatic amines is 1. The summed E-state index contributed by atoms with van der Waals surface area (Å²) in [4.78, 5) is 21.0. The van der Waals surface area contributed by atoms with Gasteiger partial charge in [-0.1, -0.05) is 18.2 Å². The molecule has 0 saturated heterocycles. The Morgan fingerprint density at radius 2 is 1.73 bits per heavy atom. The minimum atomic E-state index is -0.264. The molecule has 0 spiro atoms. The third-order valence-electron chi connectivity index (χ3n) is 4.79. The molecule has 0 aliphatic rings. The van der Waals surface area contributed by atoms with Crippen LogP contribution in [-0.4, -0.2) is 21.6 Å². The Morgan fingerprint density at radius 3 is 2.40 bits per heavy atom. The highest BCUT2D eigenvalue weighted by Gasteiger charge is 2.16. The second-order valence-electron chi connectivity index (χ2n) is 6.70. The third-order valence-corrected chi connectivity index (χ3v) is 5.07. The lowest BCUT2D eigenvalue weighted by molar-refractivity contribution is 0.414. The van der Waals surface area contributed by atoms with E-state index < -0.39 is 0 Å². The summed E-state index contributed by atoms with van der Waals surface area (Å²) in [6.07, 6.45) is 0. The standard InChI is InChI=1S/C22H19N5O2S/c1-13-18-20(23-14(2)19(13)26-25-15-7-5-4-6-8-15)24-22(30)27(21(18)28)16-9-11-17(29-3)12-10-16/h4-12H,1-3H3,(H,23,24,30). The normalized spacial score (nSPS) is 11.3. The van der Waals surface area contributed by atoms with E-state index in [0.717, 1.165) is 5.69 Å². The number of nitrogens with one attached hydrogen (secondary N) is 1. The number of hydrogen-bond acceptors (Lipinski definition) is 6. The van der Waals surface area contributed by atoms with Gasteiger partial charge in [-0.15, -0.1) is 5.11 Å². The smallest absolute Gasteiger partial charge is 0.268 e. The molecular formula is C22H19N5O2S. The fraction of sp³-hybridized carbons (Fsp3) is 0.136. The summed E-state index contributed by atoms with van der Waals surface area (Å²) in [5.74, 6) is 0.694. The lowest BCUT2D eigenvalue weighted by Crippen LogP contribution is -2.22. The van der Waals surface area contributed by atoms with E-state index in [1.165, 1.54) is 4.57 Å². The number of fused-ring (bicyclic) bond motifs is 1. The molecule has 1 N–H and O–H groups in total. The lowest BCUT2D eigenvalue weighted by atomic mass is 10.1. The quantitative estimate of drug-likeness (QED) is 0.352. The zero-order valence-corrected chi connectivity index (χ0v) is 17.5. The van der Waals surface area contributed by atoms with Crippen molar-refractivity contribution in [2.24, 2.45) is 10.2 Å². The van der Waals surface area contributed by atoms with Gasteiger partial charge in [-0.2, -0.15) is 5.11 Å². The van der Waals surface area contributed by atoms with Crippen LogP contribution >= 0.6 is 12.2 Å². The minimum absolute atomic E-state index is 0.264. The van der Waals surface area contributed by atoms with Gasteiger partial charge < -0.3 is 9.72 Å².